The summed E-state index contributed by atoms with van der Waals surface area (Å²) in [5.41, 5.74) is 0. The van der Waals surface area contributed by atoms with E-state index in [0.29, 0.717) is 32.2 Å². The lowest BCUT2D eigenvalue weighted by atomic mass is 10.0. The van der Waals surface area contributed by atoms with Crippen molar-refractivity contribution >= 4 is 10.2 Å². The Labute approximate surface area is 136 Å². The predicted molar refractivity (Wildman–Crippen MR) is 90.1 cm³/mol. The number of nitrogens with zero attached hydrogens (tertiary/aromatic N) is 4. The maximum absolute atomic E-state index is 12.5. The van der Waals surface area contributed by atoms with Gasteiger partial charge in [-0.2, -0.15) is 17.0 Å². The maximum Gasteiger partial charge on any atom is 0.282 e. The third kappa shape index (κ3) is 4.20. The molecule has 0 bridgehead atoms. The Morgan fingerprint density at radius 3 is 2.18 bits per heavy atom. The van der Waals surface area contributed by atoms with Crippen molar-refractivity contribution in [3.05, 3.63) is 0 Å². The highest BCUT2D eigenvalue weighted by atomic mass is 32.2. The smallest absolute Gasteiger partial charge is 0.282 e. The van der Waals surface area contributed by atoms with E-state index in [1.807, 2.05) is 13.8 Å². The lowest BCUT2D eigenvalue weighted by molar-refractivity contribution is 0.105. The van der Waals surface area contributed by atoms with Gasteiger partial charge in [0.15, 0.2) is 0 Å². The molecule has 0 amide bonds. The van der Waals surface area contributed by atoms with Crippen LogP contribution in [0.15, 0.2) is 0 Å². The first-order valence-electron chi connectivity index (χ1n) is 8.66. The zero-order valence-electron chi connectivity index (χ0n) is 14.4. The molecule has 2 aliphatic heterocycles. The van der Waals surface area contributed by atoms with E-state index in [0.717, 1.165) is 19.6 Å². The van der Waals surface area contributed by atoms with Crippen LogP contribution in [0.25, 0.3) is 0 Å². The van der Waals surface area contributed by atoms with Gasteiger partial charge in [-0.3, -0.25) is 4.90 Å². The first-order chi connectivity index (χ1) is 10.5. The van der Waals surface area contributed by atoms with Crippen LogP contribution in [-0.2, 0) is 10.2 Å². The topological polar surface area (TPSA) is 47.1 Å². The van der Waals surface area contributed by atoms with Crippen molar-refractivity contribution in [2.45, 2.75) is 39.2 Å². The largest absolute Gasteiger partial charge is 0.302 e. The van der Waals surface area contributed by atoms with Crippen molar-refractivity contribution in [3.8, 4) is 0 Å². The van der Waals surface area contributed by atoms with Gasteiger partial charge in [-0.1, -0.05) is 20.3 Å². The zero-order valence-corrected chi connectivity index (χ0v) is 15.2. The number of likely N-dealkylation sites (tertiary alicyclic amines) is 1. The summed E-state index contributed by atoms with van der Waals surface area (Å²) in [4.78, 5) is 4.89. The Hall–Kier alpha value is -0.210. The van der Waals surface area contributed by atoms with Crippen LogP contribution in [0.5, 0.6) is 0 Å². The lowest BCUT2D eigenvalue weighted by Gasteiger charge is -2.40. The Balaban J connectivity index is 1.85. The fourth-order valence-electron chi connectivity index (χ4n) is 3.53. The highest BCUT2D eigenvalue weighted by Crippen LogP contribution is 2.18. The van der Waals surface area contributed by atoms with Gasteiger partial charge in [0.05, 0.1) is 0 Å². The Kier molecular flexibility index (Phi) is 6.64. The van der Waals surface area contributed by atoms with E-state index >= 15 is 0 Å². The molecule has 6 nitrogen and oxygen atoms in total. The number of piperidine rings is 1. The van der Waals surface area contributed by atoms with Crippen LogP contribution in [0.2, 0.25) is 0 Å². The van der Waals surface area contributed by atoms with Gasteiger partial charge in [0.1, 0.15) is 0 Å². The predicted octanol–water partition coefficient (Wildman–Crippen LogP) is 0.675. The van der Waals surface area contributed by atoms with Crippen LogP contribution in [0, 0.1) is 0 Å². The van der Waals surface area contributed by atoms with Crippen molar-refractivity contribution in [2.24, 2.45) is 0 Å². The van der Waals surface area contributed by atoms with Gasteiger partial charge in [-0.25, -0.2) is 0 Å². The zero-order chi connectivity index (χ0) is 16.2. The molecule has 1 unspecified atom stereocenters. The fraction of sp³-hybridized carbons (Fsp3) is 1.00. The first-order valence-corrected chi connectivity index (χ1v) is 10.1. The highest BCUT2D eigenvalue weighted by molar-refractivity contribution is 7.86. The molecular formula is C15H32N4O2S. The van der Waals surface area contributed by atoms with Crippen LogP contribution in [0.1, 0.15) is 33.1 Å². The van der Waals surface area contributed by atoms with Crippen molar-refractivity contribution in [2.75, 3.05) is 59.4 Å². The fourth-order valence-corrected chi connectivity index (χ4v) is 5.13. The SMILES string of the molecule is CCN(CC)S(=O)(=O)N1CCN(CC2CCCCN2C)CC1. The molecule has 0 spiro atoms. The molecule has 7 heteroatoms. The van der Waals surface area contributed by atoms with E-state index in [9.17, 15) is 8.42 Å². The maximum atomic E-state index is 12.5. The second-order valence-corrected chi connectivity index (χ2v) is 8.35. The van der Waals surface area contributed by atoms with E-state index in [1.165, 1.54) is 25.8 Å². The van der Waals surface area contributed by atoms with E-state index in [2.05, 4.69) is 16.8 Å². The number of likely N-dealkylation sites (N-methyl/N-ethyl adjacent to an activating group) is 1. The third-order valence-corrected chi connectivity index (χ3v) is 7.27. The molecule has 0 aliphatic carbocycles. The summed E-state index contributed by atoms with van der Waals surface area (Å²) in [5, 5.41) is 0. The number of rotatable bonds is 6. The summed E-state index contributed by atoms with van der Waals surface area (Å²) < 4.78 is 28.3. The van der Waals surface area contributed by atoms with Crippen molar-refractivity contribution in [1.29, 1.82) is 0 Å². The minimum atomic E-state index is -3.26. The quantitative estimate of drug-likeness (QED) is 0.717. The van der Waals surface area contributed by atoms with Gasteiger partial charge in [0, 0.05) is 51.9 Å². The molecule has 0 aromatic rings. The average molecular weight is 333 g/mol. The summed E-state index contributed by atoms with van der Waals surface area (Å²) in [6.07, 6.45) is 3.91. The summed E-state index contributed by atoms with van der Waals surface area (Å²) >= 11 is 0. The molecule has 0 aromatic carbocycles. The Bertz CT molecular complexity index is 431. The van der Waals surface area contributed by atoms with E-state index in [4.69, 9.17) is 0 Å². The number of hydrogen-bond acceptors (Lipinski definition) is 4. The molecule has 0 saturated carbocycles. The van der Waals surface area contributed by atoms with Crippen LogP contribution in [-0.4, -0.2) is 92.3 Å². The van der Waals surface area contributed by atoms with Gasteiger partial charge < -0.3 is 4.90 Å². The summed E-state index contributed by atoms with van der Waals surface area (Å²) in [7, 11) is -1.05. The van der Waals surface area contributed by atoms with Crippen LogP contribution >= 0.6 is 0 Å². The van der Waals surface area contributed by atoms with Gasteiger partial charge >= 0.3 is 0 Å². The molecule has 0 N–H and O–H groups in total. The first kappa shape index (κ1) is 18.1. The standard InChI is InChI=1S/C15H32N4O2S/c1-4-18(5-2)22(20,21)19-12-10-17(11-13-19)14-15-8-6-7-9-16(15)3/h15H,4-14H2,1-3H3. The number of piperazine rings is 1. The molecule has 2 aliphatic rings. The molecule has 130 valence electrons. The van der Waals surface area contributed by atoms with Crippen LogP contribution < -0.4 is 0 Å². The molecule has 1 atom stereocenters. The van der Waals surface area contributed by atoms with Crippen molar-refractivity contribution < 1.29 is 8.42 Å². The molecule has 2 heterocycles. The monoisotopic (exact) mass is 332 g/mol. The molecular weight excluding hydrogens is 300 g/mol. The van der Waals surface area contributed by atoms with Gasteiger partial charge in [0.2, 0.25) is 0 Å². The second-order valence-electron chi connectivity index (χ2n) is 6.42. The van der Waals surface area contributed by atoms with Crippen molar-refractivity contribution in [1.82, 2.24) is 18.4 Å². The van der Waals surface area contributed by atoms with E-state index < -0.39 is 10.2 Å². The summed E-state index contributed by atoms with van der Waals surface area (Å²) in [6.45, 7) is 10.1. The number of hydrogen-bond donors (Lipinski definition) is 0. The summed E-state index contributed by atoms with van der Waals surface area (Å²) in [5.74, 6) is 0. The Morgan fingerprint density at radius 2 is 1.64 bits per heavy atom. The molecule has 2 rings (SSSR count). The van der Waals surface area contributed by atoms with Crippen LogP contribution in [0.3, 0.4) is 0 Å². The van der Waals surface area contributed by atoms with E-state index in [-0.39, 0.29) is 0 Å². The molecule has 0 radical (unpaired) electrons. The minimum Gasteiger partial charge on any atom is -0.302 e. The second kappa shape index (κ2) is 8.06. The Morgan fingerprint density at radius 1 is 1.00 bits per heavy atom. The van der Waals surface area contributed by atoms with Gasteiger partial charge in [0.25, 0.3) is 10.2 Å². The van der Waals surface area contributed by atoms with Crippen molar-refractivity contribution in [3.63, 3.8) is 0 Å². The van der Waals surface area contributed by atoms with Gasteiger partial charge in [-0.15, -0.1) is 0 Å². The highest BCUT2D eigenvalue weighted by Gasteiger charge is 2.31. The molecule has 22 heavy (non-hydrogen) atoms. The normalized spacial score (nSPS) is 26.6. The third-order valence-electron chi connectivity index (χ3n) is 5.08. The van der Waals surface area contributed by atoms with E-state index in [1.54, 1.807) is 8.61 Å². The molecule has 0 aromatic heterocycles. The molecule has 2 saturated heterocycles. The van der Waals surface area contributed by atoms with Crippen LogP contribution in [0.4, 0.5) is 0 Å². The molecule has 2 fully saturated rings. The average Bonchev–Trinajstić information content (AvgIpc) is 2.51. The van der Waals surface area contributed by atoms with Gasteiger partial charge in [-0.05, 0) is 26.4 Å². The lowest BCUT2D eigenvalue weighted by Crippen LogP contribution is -2.55. The summed E-state index contributed by atoms with van der Waals surface area (Å²) in [6, 6.07) is 0.639. The minimum absolute atomic E-state index is 0.548.